The number of ether oxygens (including phenoxy) is 2. The van der Waals surface area contributed by atoms with E-state index < -0.39 is 0 Å². The summed E-state index contributed by atoms with van der Waals surface area (Å²) < 4.78 is 10.3. The molecule has 72 valence electrons. The number of hydrogen-bond donors (Lipinski definition) is 0. The Morgan fingerprint density at radius 3 is 2.15 bits per heavy atom. The van der Waals surface area contributed by atoms with Gasteiger partial charge in [-0.25, -0.2) is 0 Å². The van der Waals surface area contributed by atoms with E-state index in [1.54, 1.807) is 20.3 Å². The number of rotatable bonds is 3. The van der Waals surface area contributed by atoms with Gasteiger partial charge in [0.25, 0.3) is 0 Å². The molecule has 0 aliphatic heterocycles. The third-order valence-corrected chi connectivity index (χ3v) is 2.29. The van der Waals surface area contributed by atoms with Crippen LogP contribution >= 0.6 is 11.6 Å². The maximum Gasteiger partial charge on any atom is 0.162 e. The van der Waals surface area contributed by atoms with Crippen LogP contribution in [0.25, 0.3) is 0 Å². The van der Waals surface area contributed by atoms with Crippen LogP contribution in [0.15, 0.2) is 12.1 Å². The average Bonchev–Trinajstić information content (AvgIpc) is 2.17. The van der Waals surface area contributed by atoms with Gasteiger partial charge in [-0.3, -0.25) is 0 Å². The maximum absolute atomic E-state index is 6.00. The van der Waals surface area contributed by atoms with Gasteiger partial charge in [0.2, 0.25) is 0 Å². The molecule has 3 heteroatoms. The van der Waals surface area contributed by atoms with Crippen molar-refractivity contribution in [1.82, 2.24) is 0 Å². The molecule has 0 heterocycles. The van der Waals surface area contributed by atoms with Crippen molar-refractivity contribution in [3.63, 3.8) is 0 Å². The molecule has 0 atom stereocenters. The predicted octanol–water partition coefficient (Wildman–Crippen LogP) is 2.92. The first-order valence-electron chi connectivity index (χ1n) is 4.13. The SMILES string of the molecule is CCc1cc(OC)c(OC)cc1Cl. The highest BCUT2D eigenvalue weighted by molar-refractivity contribution is 6.31. The normalized spacial score (nSPS) is 9.85. The maximum atomic E-state index is 6.00. The summed E-state index contributed by atoms with van der Waals surface area (Å²) >= 11 is 6.00. The fourth-order valence-corrected chi connectivity index (χ4v) is 1.45. The summed E-state index contributed by atoms with van der Waals surface area (Å²) in [5.74, 6) is 1.40. The number of hydrogen-bond acceptors (Lipinski definition) is 2. The van der Waals surface area contributed by atoms with E-state index in [1.807, 2.05) is 13.0 Å². The van der Waals surface area contributed by atoms with Crippen molar-refractivity contribution < 1.29 is 9.47 Å². The lowest BCUT2D eigenvalue weighted by molar-refractivity contribution is 0.354. The molecule has 0 N–H and O–H groups in total. The molecular formula is C10H13ClO2. The zero-order valence-corrected chi connectivity index (χ0v) is 8.81. The van der Waals surface area contributed by atoms with Crippen LogP contribution in [0.2, 0.25) is 5.02 Å². The Kier molecular flexibility index (Phi) is 3.43. The third-order valence-electron chi connectivity index (χ3n) is 1.93. The average molecular weight is 201 g/mol. The van der Waals surface area contributed by atoms with Gasteiger partial charge in [-0.2, -0.15) is 0 Å². The Labute approximate surface area is 83.4 Å². The van der Waals surface area contributed by atoms with Crippen molar-refractivity contribution in [2.75, 3.05) is 14.2 Å². The predicted molar refractivity (Wildman–Crippen MR) is 53.9 cm³/mol. The third kappa shape index (κ3) is 2.07. The lowest BCUT2D eigenvalue weighted by Gasteiger charge is -2.10. The second-order valence-corrected chi connectivity index (χ2v) is 3.06. The van der Waals surface area contributed by atoms with Gasteiger partial charge in [0.1, 0.15) is 0 Å². The highest BCUT2D eigenvalue weighted by Gasteiger charge is 2.07. The molecule has 0 aliphatic carbocycles. The van der Waals surface area contributed by atoms with Crippen LogP contribution in [0, 0.1) is 0 Å². The van der Waals surface area contributed by atoms with Crippen LogP contribution in [0.5, 0.6) is 11.5 Å². The molecule has 0 aliphatic rings. The van der Waals surface area contributed by atoms with Gasteiger partial charge in [-0.1, -0.05) is 18.5 Å². The molecule has 0 amide bonds. The van der Waals surface area contributed by atoms with Crippen LogP contribution in [-0.4, -0.2) is 14.2 Å². The van der Waals surface area contributed by atoms with Gasteiger partial charge < -0.3 is 9.47 Å². The van der Waals surface area contributed by atoms with E-state index in [-0.39, 0.29) is 0 Å². The van der Waals surface area contributed by atoms with E-state index in [0.717, 1.165) is 22.8 Å². The largest absolute Gasteiger partial charge is 0.493 e. The molecule has 13 heavy (non-hydrogen) atoms. The minimum Gasteiger partial charge on any atom is -0.493 e. The van der Waals surface area contributed by atoms with Crippen LogP contribution in [0.1, 0.15) is 12.5 Å². The minimum atomic E-state index is 0.671. The van der Waals surface area contributed by atoms with Gasteiger partial charge >= 0.3 is 0 Å². The zero-order valence-electron chi connectivity index (χ0n) is 8.06. The van der Waals surface area contributed by atoms with Gasteiger partial charge in [-0.15, -0.1) is 0 Å². The van der Waals surface area contributed by atoms with Gasteiger partial charge in [0, 0.05) is 11.1 Å². The molecule has 0 aromatic heterocycles. The minimum absolute atomic E-state index is 0.671. The van der Waals surface area contributed by atoms with E-state index >= 15 is 0 Å². The fourth-order valence-electron chi connectivity index (χ4n) is 1.17. The Morgan fingerprint density at radius 2 is 1.69 bits per heavy atom. The van der Waals surface area contributed by atoms with Crippen LogP contribution in [-0.2, 0) is 6.42 Å². The second kappa shape index (κ2) is 4.38. The topological polar surface area (TPSA) is 18.5 Å². The van der Waals surface area contributed by atoms with Crippen LogP contribution in [0.4, 0.5) is 0 Å². The number of methoxy groups -OCH3 is 2. The van der Waals surface area contributed by atoms with Crippen molar-refractivity contribution in [2.24, 2.45) is 0 Å². The number of benzene rings is 1. The number of aryl methyl sites for hydroxylation is 1. The molecule has 0 spiro atoms. The molecule has 2 nitrogen and oxygen atoms in total. The van der Waals surface area contributed by atoms with E-state index in [4.69, 9.17) is 21.1 Å². The highest BCUT2D eigenvalue weighted by Crippen LogP contribution is 2.33. The Morgan fingerprint density at radius 1 is 1.15 bits per heavy atom. The molecule has 0 fully saturated rings. The van der Waals surface area contributed by atoms with Gasteiger partial charge in [0.05, 0.1) is 14.2 Å². The molecular weight excluding hydrogens is 188 g/mol. The van der Waals surface area contributed by atoms with Gasteiger partial charge in [0.15, 0.2) is 11.5 Å². The van der Waals surface area contributed by atoms with Crippen molar-refractivity contribution in [2.45, 2.75) is 13.3 Å². The Balaban J connectivity index is 3.18. The first-order chi connectivity index (χ1) is 6.22. The summed E-state index contributed by atoms with van der Waals surface area (Å²) in [6, 6.07) is 3.68. The molecule has 1 rings (SSSR count). The summed E-state index contributed by atoms with van der Waals surface area (Å²) in [6.07, 6.45) is 0.888. The van der Waals surface area contributed by atoms with Gasteiger partial charge in [-0.05, 0) is 18.1 Å². The van der Waals surface area contributed by atoms with Crippen molar-refractivity contribution in [3.8, 4) is 11.5 Å². The fraction of sp³-hybridized carbons (Fsp3) is 0.400. The monoisotopic (exact) mass is 200 g/mol. The van der Waals surface area contributed by atoms with E-state index in [2.05, 4.69) is 0 Å². The second-order valence-electron chi connectivity index (χ2n) is 2.65. The quantitative estimate of drug-likeness (QED) is 0.747. The molecule has 1 aromatic carbocycles. The molecule has 0 saturated carbocycles. The summed E-state index contributed by atoms with van der Waals surface area (Å²) in [4.78, 5) is 0. The molecule has 0 unspecified atom stereocenters. The van der Waals surface area contributed by atoms with Crippen LogP contribution in [0.3, 0.4) is 0 Å². The van der Waals surface area contributed by atoms with E-state index in [9.17, 15) is 0 Å². The van der Waals surface area contributed by atoms with E-state index in [1.165, 1.54) is 0 Å². The zero-order chi connectivity index (χ0) is 9.84. The van der Waals surface area contributed by atoms with Crippen molar-refractivity contribution in [3.05, 3.63) is 22.7 Å². The van der Waals surface area contributed by atoms with Crippen LogP contribution < -0.4 is 9.47 Å². The smallest absolute Gasteiger partial charge is 0.162 e. The molecule has 0 radical (unpaired) electrons. The molecule has 1 aromatic rings. The van der Waals surface area contributed by atoms with Crippen molar-refractivity contribution in [1.29, 1.82) is 0 Å². The number of halogens is 1. The van der Waals surface area contributed by atoms with E-state index in [0.29, 0.717) is 5.75 Å². The standard InChI is InChI=1S/C10H13ClO2/c1-4-7-5-9(12-2)10(13-3)6-8(7)11/h5-6H,4H2,1-3H3. The lowest BCUT2D eigenvalue weighted by Crippen LogP contribution is -1.92. The summed E-state index contributed by atoms with van der Waals surface area (Å²) in [5.41, 5.74) is 1.07. The Hall–Kier alpha value is -0.890. The first-order valence-corrected chi connectivity index (χ1v) is 4.51. The van der Waals surface area contributed by atoms with Crippen molar-refractivity contribution >= 4 is 11.6 Å². The lowest BCUT2D eigenvalue weighted by atomic mass is 10.1. The first kappa shape index (κ1) is 10.2. The highest BCUT2D eigenvalue weighted by atomic mass is 35.5. The molecule has 0 bridgehead atoms. The Bertz CT molecular complexity index is 297. The summed E-state index contributed by atoms with van der Waals surface area (Å²) in [5, 5.41) is 0.722. The summed E-state index contributed by atoms with van der Waals surface area (Å²) in [7, 11) is 3.21. The summed E-state index contributed by atoms with van der Waals surface area (Å²) in [6.45, 7) is 2.05. The molecule has 0 saturated heterocycles.